The lowest BCUT2D eigenvalue weighted by atomic mass is 9.89. The number of aromatic nitrogens is 2. The summed E-state index contributed by atoms with van der Waals surface area (Å²) in [5.41, 5.74) is 1.18. The first-order chi connectivity index (χ1) is 6.25. The Bertz CT molecular complexity index is 278. The van der Waals surface area contributed by atoms with Crippen LogP contribution in [0.2, 0.25) is 0 Å². The van der Waals surface area contributed by atoms with Gasteiger partial charge in [0.1, 0.15) is 0 Å². The number of hydrogen-bond donors (Lipinski definition) is 2. The second-order valence-electron chi connectivity index (χ2n) is 3.65. The van der Waals surface area contributed by atoms with Gasteiger partial charge in [0.05, 0.1) is 11.8 Å². The third kappa shape index (κ3) is 1.89. The Labute approximate surface area is 77.6 Å². The molecule has 2 rings (SSSR count). The van der Waals surface area contributed by atoms with Crippen LogP contribution in [0, 0.1) is 0 Å². The normalized spacial score (nSPS) is 27.2. The summed E-state index contributed by atoms with van der Waals surface area (Å²) >= 11 is 0. The summed E-state index contributed by atoms with van der Waals surface area (Å²) < 4.78 is 1.86. The maximum absolute atomic E-state index is 9.07. The van der Waals surface area contributed by atoms with E-state index in [1.54, 1.807) is 6.20 Å². The Morgan fingerprint density at radius 1 is 1.69 bits per heavy atom. The van der Waals surface area contributed by atoms with Crippen LogP contribution in [0.4, 0.5) is 0 Å². The Hall–Kier alpha value is -0.870. The number of aryl methyl sites for hydroxylation is 1. The molecule has 0 amide bonds. The predicted molar refractivity (Wildman–Crippen MR) is 49.1 cm³/mol. The van der Waals surface area contributed by atoms with E-state index in [4.69, 9.17) is 5.11 Å². The molecule has 0 aromatic carbocycles. The fourth-order valence-corrected chi connectivity index (χ4v) is 1.58. The quantitative estimate of drug-likeness (QED) is 0.692. The summed E-state index contributed by atoms with van der Waals surface area (Å²) in [6, 6.07) is 2.49. The van der Waals surface area contributed by atoms with Crippen LogP contribution in [0.5, 0.6) is 0 Å². The van der Waals surface area contributed by atoms with Gasteiger partial charge >= 0.3 is 0 Å². The molecule has 72 valence electrons. The van der Waals surface area contributed by atoms with Gasteiger partial charge in [-0.2, -0.15) is 5.10 Å². The predicted octanol–water partition coefficient (Wildman–Crippen LogP) is 0.0330. The van der Waals surface area contributed by atoms with Gasteiger partial charge in [-0.25, -0.2) is 0 Å². The van der Waals surface area contributed by atoms with Crippen LogP contribution < -0.4 is 5.32 Å². The first-order valence-corrected chi connectivity index (χ1v) is 4.64. The topological polar surface area (TPSA) is 50.1 Å². The van der Waals surface area contributed by atoms with Gasteiger partial charge in [-0.1, -0.05) is 0 Å². The van der Waals surface area contributed by atoms with E-state index in [1.165, 1.54) is 5.69 Å². The van der Waals surface area contributed by atoms with Gasteiger partial charge in [-0.15, -0.1) is 0 Å². The fourth-order valence-electron chi connectivity index (χ4n) is 1.58. The molecule has 0 spiro atoms. The number of nitrogens with zero attached hydrogens (tertiary/aromatic N) is 2. The first kappa shape index (κ1) is 8.72. The second kappa shape index (κ2) is 3.47. The van der Waals surface area contributed by atoms with Crippen LogP contribution in [0.15, 0.2) is 12.3 Å². The van der Waals surface area contributed by atoms with Gasteiger partial charge in [0.15, 0.2) is 0 Å². The monoisotopic (exact) mass is 181 g/mol. The van der Waals surface area contributed by atoms with Crippen LogP contribution in [-0.4, -0.2) is 27.0 Å². The Morgan fingerprint density at radius 3 is 3.00 bits per heavy atom. The highest BCUT2D eigenvalue weighted by Crippen LogP contribution is 2.19. The van der Waals surface area contributed by atoms with Crippen molar-refractivity contribution in [3.05, 3.63) is 18.0 Å². The molecule has 4 heteroatoms. The van der Waals surface area contributed by atoms with Crippen molar-refractivity contribution in [1.29, 1.82) is 0 Å². The Morgan fingerprint density at radius 2 is 2.46 bits per heavy atom. The third-order valence-corrected chi connectivity index (χ3v) is 2.61. The molecule has 4 nitrogen and oxygen atoms in total. The lowest BCUT2D eigenvalue weighted by molar-refractivity contribution is 0.0617. The third-order valence-electron chi connectivity index (χ3n) is 2.61. The van der Waals surface area contributed by atoms with Crippen molar-refractivity contribution in [2.24, 2.45) is 7.05 Å². The van der Waals surface area contributed by atoms with Gasteiger partial charge in [-0.3, -0.25) is 4.68 Å². The zero-order valence-corrected chi connectivity index (χ0v) is 7.77. The molecule has 1 aromatic heterocycles. The lowest BCUT2D eigenvalue weighted by Crippen LogP contribution is -2.43. The minimum atomic E-state index is -0.0796. The van der Waals surface area contributed by atoms with Gasteiger partial charge in [0.25, 0.3) is 0 Å². The highest BCUT2D eigenvalue weighted by molar-refractivity contribution is 5.00. The first-order valence-electron chi connectivity index (χ1n) is 4.64. The molecule has 1 heterocycles. The van der Waals surface area contributed by atoms with Crippen molar-refractivity contribution >= 4 is 0 Å². The lowest BCUT2D eigenvalue weighted by Gasteiger charge is -2.32. The standard InChI is InChI=1S/C9H15N3O/c1-12-8(2-3-11-12)6-10-7-4-9(13)5-7/h2-3,7,9-10,13H,4-6H2,1H3. The molecular weight excluding hydrogens is 166 g/mol. The van der Waals surface area contributed by atoms with E-state index in [9.17, 15) is 0 Å². The van der Waals surface area contributed by atoms with E-state index in [0.717, 1.165) is 19.4 Å². The number of aliphatic hydroxyl groups excluding tert-OH is 1. The molecule has 0 bridgehead atoms. The fraction of sp³-hybridized carbons (Fsp3) is 0.667. The van der Waals surface area contributed by atoms with Gasteiger partial charge in [-0.05, 0) is 18.9 Å². The zero-order valence-electron chi connectivity index (χ0n) is 7.77. The summed E-state index contributed by atoms with van der Waals surface area (Å²) in [5, 5.41) is 16.5. The van der Waals surface area contributed by atoms with Gasteiger partial charge in [0, 0.05) is 25.8 Å². The van der Waals surface area contributed by atoms with E-state index in [0.29, 0.717) is 6.04 Å². The molecule has 0 aliphatic heterocycles. The molecule has 2 N–H and O–H groups in total. The molecule has 13 heavy (non-hydrogen) atoms. The van der Waals surface area contributed by atoms with Crippen LogP contribution >= 0.6 is 0 Å². The van der Waals surface area contributed by atoms with Crippen LogP contribution in [-0.2, 0) is 13.6 Å². The largest absolute Gasteiger partial charge is 0.393 e. The van der Waals surface area contributed by atoms with E-state index in [2.05, 4.69) is 10.4 Å². The van der Waals surface area contributed by atoms with Crippen LogP contribution in [0.1, 0.15) is 18.5 Å². The van der Waals surface area contributed by atoms with Crippen molar-refractivity contribution in [3.8, 4) is 0 Å². The van der Waals surface area contributed by atoms with Crippen LogP contribution in [0.25, 0.3) is 0 Å². The van der Waals surface area contributed by atoms with Crippen molar-refractivity contribution < 1.29 is 5.11 Å². The molecule has 0 atom stereocenters. The molecular formula is C9H15N3O. The van der Waals surface area contributed by atoms with E-state index >= 15 is 0 Å². The summed E-state index contributed by atoms with van der Waals surface area (Å²) in [6.07, 6.45) is 3.49. The van der Waals surface area contributed by atoms with Gasteiger partial charge in [0.2, 0.25) is 0 Å². The number of nitrogens with one attached hydrogen (secondary N) is 1. The molecule has 1 aromatic rings. The average molecular weight is 181 g/mol. The molecule has 1 aliphatic rings. The average Bonchev–Trinajstić information content (AvgIpc) is 2.43. The van der Waals surface area contributed by atoms with Gasteiger partial charge < -0.3 is 10.4 Å². The molecule has 0 saturated heterocycles. The maximum atomic E-state index is 9.07. The molecule has 0 unspecified atom stereocenters. The smallest absolute Gasteiger partial charge is 0.0570 e. The van der Waals surface area contributed by atoms with Crippen molar-refractivity contribution in [3.63, 3.8) is 0 Å². The number of hydrogen-bond acceptors (Lipinski definition) is 3. The molecule has 1 fully saturated rings. The summed E-state index contributed by atoms with van der Waals surface area (Å²) in [6.45, 7) is 0.841. The summed E-state index contributed by atoms with van der Waals surface area (Å²) in [7, 11) is 1.94. The van der Waals surface area contributed by atoms with Crippen molar-refractivity contribution in [2.75, 3.05) is 0 Å². The number of aliphatic hydroxyl groups is 1. The zero-order chi connectivity index (χ0) is 9.26. The second-order valence-corrected chi connectivity index (χ2v) is 3.65. The minimum absolute atomic E-state index is 0.0796. The Balaban J connectivity index is 1.77. The van der Waals surface area contributed by atoms with E-state index in [-0.39, 0.29) is 6.10 Å². The van der Waals surface area contributed by atoms with E-state index < -0.39 is 0 Å². The summed E-state index contributed by atoms with van der Waals surface area (Å²) in [5.74, 6) is 0. The maximum Gasteiger partial charge on any atom is 0.0570 e. The highest BCUT2D eigenvalue weighted by Gasteiger charge is 2.26. The Kier molecular flexibility index (Phi) is 2.33. The summed E-state index contributed by atoms with van der Waals surface area (Å²) in [4.78, 5) is 0. The molecule has 0 radical (unpaired) electrons. The number of rotatable bonds is 3. The SMILES string of the molecule is Cn1nccc1CNC1CC(O)C1. The molecule has 1 saturated carbocycles. The van der Waals surface area contributed by atoms with Crippen molar-refractivity contribution in [1.82, 2.24) is 15.1 Å². The van der Waals surface area contributed by atoms with E-state index in [1.807, 2.05) is 17.8 Å². The molecule has 1 aliphatic carbocycles. The minimum Gasteiger partial charge on any atom is -0.393 e. The van der Waals surface area contributed by atoms with Crippen molar-refractivity contribution in [2.45, 2.75) is 31.5 Å². The van der Waals surface area contributed by atoms with Crippen LogP contribution in [0.3, 0.4) is 0 Å². The highest BCUT2D eigenvalue weighted by atomic mass is 16.3.